The highest BCUT2D eigenvalue weighted by atomic mass is 16.5. The van der Waals surface area contributed by atoms with Crippen LogP contribution in [-0.4, -0.2) is 12.2 Å². The van der Waals surface area contributed by atoms with Crippen molar-refractivity contribution in [1.29, 1.82) is 0 Å². The monoisotopic (exact) mass is 192 g/mol. The van der Waals surface area contributed by atoms with Crippen LogP contribution < -0.4 is 4.74 Å². The van der Waals surface area contributed by atoms with Gasteiger partial charge in [-0.3, -0.25) is 0 Å². The van der Waals surface area contributed by atoms with Gasteiger partial charge in [-0.2, -0.15) is 0 Å². The van der Waals surface area contributed by atoms with Crippen LogP contribution in [0.1, 0.15) is 24.5 Å². The van der Waals surface area contributed by atoms with E-state index < -0.39 is 6.10 Å². The van der Waals surface area contributed by atoms with E-state index in [0.717, 1.165) is 17.7 Å². The van der Waals surface area contributed by atoms with Crippen molar-refractivity contribution in [3.05, 3.63) is 42.5 Å². The fraction of sp³-hybridized carbons (Fsp3) is 0.333. The Morgan fingerprint density at radius 1 is 1.50 bits per heavy atom. The second-order valence-electron chi connectivity index (χ2n) is 3.12. The normalized spacial score (nSPS) is 12.1. The first-order valence-electron chi connectivity index (χ1n) is 4.71. The number of para-hydroxylation sites is 1. The van der Waals surface area contributed by atoms with E-state index in [1.807, 2.05) is 24.3 Å². The molecule has 1 unspecified atom stereocenters. The number of allylic oxidation sites excluding steroid dienone is 1. The van der Waals surface area contributed by atoms with Crippen LogP contribution >= 0.6 is 0 Å². The summed E-state index contributed by atoms with van der Waals surface area (Å²) in [5, 5.41) is 9.84. The summed E-state index contributed by atoms with van der Waals surface area (Å²) in [7, 11) is 1.61. The van der Waals surface area contributed by atoms with Crippen molar-refractivity contribution in [1.82, 2.24) is 0 Å². The van der Waals surface area contributed by atoms with Gasteiger partial charge in [-0.05, 0) is 18.9 Å². The molecule has 0 aliphatic heterocycles. The third kappa shape index (κ3) is 2.60. The average Bonchev–Trinajstić information content (AvgIpc) is 2.25. The van der Waals surface area contributed by atoms with Crippen LogP contribution in [0.4, 0.5) is 0 Å². The van der Waals surface area contributed by atoms with Crippen molar-refractivity contribution in [2.45, 2.75) is 18.9 Å². The number of aliphatic hydroxyl groups excluding tert-OH is 1. The number of benzene rings is 1. The third-order valence-electron chi connectivity index (χ3n) is 2.14. The van der Waals surface area contributed by atoms with E-state index in [1.54, 1.807) is 13.2 Å². The van der Waals surface area contributed by atoms with E-state index in [9.17, 15) is 5.11 Å². The average molecular weight is 192 g/mol. The van der Waals surface area contributed by atoms with E-state index in [4.69, 9.17) is 4.74 Å². The molecule has 0 amide bonds. The third-order valence-corrected chi connectivity index (χ3v) is 2.14. The summed E-state index contributed by atoms with van der Waals surface area (Å²) >= 11 is 0. The topological polar surface area (TPSA) is 29.5 Å². The number of ether oxygens (including phenoxy) is 1. The Labute approximate surface area is 84.8 Å². The molecular weight excluding hydrogens is 176 g/mol. The molecule has 0 heterocycles. The second-order valence-corrected chi connectivity index (χ2v) is 3.12. The number of hydrogen-bond donors (Lipinski definition) is 1. The first-order chi connectivity index (χ1) is 6.79. The zero-order valence-corrected chi connectivity index (χ0v) is 8.44. The molecule has 0 saturated heterocycles. The highest BCUT2D eigenvalue weighted by molar-refractivity contribution is 5.34. The summed E-state index contributed by atoms with van der Waals surface area (Å²) in [6, 6.07) is 7.52. The molecule has 2 heteroatoms. The van der Waals surface area contributed by atoms with Crippen LogP contribution in [0, 0.1) is 0 Å². The summed E-state index contributed by atoms with van der Waals surface area (Å²) in [6.45, 7) is 3.63. The number of aliphatic hydroxyl groups is 1. The Morgan fingerprint density at radius 3 is 2.86 bits per heavy atom. The maximum Gasteiger partial charge on any atom is 0.124 e. The Kier molecular flexibility index (Phi) is 4.20. The lowest BCUT2D eigenvalue weighted by Gasteiger charge is -2.13. The van der Waals surface area contributed by atoms with Crippen molar-refractivity contribution < 1.29 is 9.84 Å². The highest BCUT2D eigenvalue weighted by Gasteiger charge is 2.10. The van der Waals surface area contributed by atoms with Crippen LogP contribution in [0.5, 0.6) is 5.75 Å². The first-order valence-corrected chi connectivity index (χ1v) is 4.71. The smallest absolute Gasteiger partial charge is 0.124 e. The second kappa shape index (κ2) is 5.45. The molecule has 0 aliphatic carbocycles. The molecule has 76 valence electrons. The van der Waals surface area contributed by atoms with Gasteiger partial charge in [0.15, 0.2) is 0 Å². The lowest BCUT2D eigenvalue weighted by Crippen LogP contribution is -1.99. The van der Waals surface area contributed by atoms with E-state index in [2.05, 4.69) is 6.58 Å². The molecule has 0 bridgehead atoms. The standard InChI is InChI=1S/C12H16O2/c1-3-4-8-11(13)10-7-5-6-9-12(10)14-2/h3,5-7,9,11,13H,1,4,8H2,2H3. The minimum Gasteiger partial charge on any atom is -0.496 e. The van der Waals surface area contributed by atoms with Gasteiger partial charge in [-0.1, -0.05) is 24.3 Å². The molecule has 0 saturated carbocycles. The minimum absolute atomic E-state index is 0.468. The van der Waals surface area contributed by atoms with Crippen LogP contribution in [0.25, 0.3) is 0 Å². The van der Waals surface area contributed by atoms with Crippen LogP contribution in [-0.2, 0) is 0 Å². The molecular formula is C12H16O2. The van der Waals surface area contributed by atoms with Crippen molar-refractivity contribution in [3.8, 4) is 5.75 Å². The van der Waals surface area contributed by atoms with E-state index in [1.165, 1.54) is 0 Å². The lowest BCUT2D eigenvalue weighted by atomic mass is 10.0. The van der Waals surface area contributed by atoms with Gasteiger partial charge in [0.05, 0.1) is 13.2 Å². The van der Waals surface area contributed by atoms with Crippen molar-refractivity contribution in [3.63, 3.8) is 0 Å². The van der Waals surface area contributed by atoms with E-state index in [0.29, 0.717) is 6.42 Å². The summed E-state index contributed by atoms with van der Waals surface area (Å²) in [5.74, 6) is 0.740. The lowest BCUT2D eigenvalue weighted by molar-refractivity contribution is 0.164. The Balaban J connectivity index is 2.77. The number of rotatable bonds is 5. The summed E-state index contributed by atoms with van der Waals surface area (Å²) in [6.07, 6.45) is 2.82. The molecule has 0 fully saturated rings. The molecule has 1 aromatic rings. The fourth-order valence-corrected chi connectivity index (χ4v) is 1.37. The zero-order chi connectivity index (χ0) is 10.4. The zero-order valence-electron chi connectivity index (χ0n) is 8.44. The molecule has 1 N–H and O–H groups in total. The van der Waals surface area contributed by atoms with Crippen LogP contribution in [0.15, 0.2) is 36.9 Å². The van der Waals surface area contributed by atoms with Crippen molar-refractivity contribution in [2.75, 3.05) is 7.11 Å². The molecule has 0 aliphatic rings. The molecule has 1 atom stereocenters. The van der Waals surface area contributed by atoms with Gasteiger partial charge in [0.1, 0.15) is 5.75 Å². The SMILES string of the molecule is C=CCCC(O)c1ccccc1OC. The summed E-state index contributed by atoms with van der Waals surface area (Å²) in [5.41, 5.74) is 0.844. The van der Waals surface area contributed by atoms with Crippen molar-refractivity contribution >= 4 is 0 Å². The van der Waals surface area contributed by atoms with Crippen molar-refractivity contribution in [2.24, 2.45) is 0 Å². The Bertz CT molecular complexity index is 294. The number of methoxy groups -OCH3 is 1. The maximum atomic E-state index is 9.84. The fourth-order valence-electron chi connectivity index (χ4n) is 1.37. The van der Waals surface area contributed by atoms with Gasteiger partial charge >= 0.3 is 0 Å². The van der Waals surface area contributed by atoms with Crippen LogP contribution in [0.2, 0.25) is 0 Å². The van der Waals surface area contributed by atoms with Gasteiger partial charge in [0.25, 0.3) is 0 Å². The minimum atomic E-state index is -0.468. The molecule has 0 spiro atoms. The molecule has 1 aromatic carbocycles. The maximum absolute atomic E-state index is 9.84. The number of hydrogen-bond acceptors (Lipinski definition) is 2. The highest BCUT2D eigenvalue weighted by Crippen LogP contribution is 2.27. The van der Waals surface area contributed by atoms with Gasteiger partial charge in [0, 0.05) is 5.56 Å². The largest absolute Gasteiger partial charge is 0.496 e. The van der Waals surface area contributed by atoms with Gasteiger partial charge in [0.2, 0.25) is 0 Å². The molecule has 14 heavy (non-hydrogen) atoms. The predicted octanol–water partition coefficient (Wildman–Crippen LogP) is 2.69. The quantitative estimate of drug-likeness (QED) is 0.727. The summed E-state index contributed by atoms with van der Waals surface area (Å²) < 4.78 is 5.16. The van der Waals surface area contributed by atoms with E-state index >= 15 is 0 Å². The van der Waals surface area contributed by atoms with E-state index in [-0.39, 0.29) is 0 Å². The van der Waals surface area contributed by atoms with Crippen LogP contribution in [0.3, 0.4) is 0 Å². The molecule has 0 aromatic heterocycles. The van der Waals surface area contributed by atoms with Gasteiger partial charge in [-0.25, -0.2) is 0 Å². The molecule has 1 rings (SSSR count). The first kappa shape index (κ1) is 10.8. The predicted molar refractivity (Wildman–Crippen MR) is 57.4 cm³/mol. The Hall–Kier alpha value is -1.28. The van der Waals surface area contributed by atoms with Gasteiger partial charge < -0.3 is 9.84 Å². The Morgan fingerprint density at radius 2 is 2.21 bits per heavy atom. The summed E-state index contributed by atoms with van der Waals surface area (Å²) in [4.78, 5) is 0. The molecule has 0 radical (unpaired) electrons. The van der Waals surface area contributed by atoms with Gasteiger partial charge in [-0.15, -0.1) is 6.58 Å². The molecule has 2 nitrogen and oxygen atoms in total.